The van der Waals surface area contributed by atoms with Gasteiger partial charge < -0.3 is 16.0 Å². The van der Waals surface area contributed by atoms with E-state index in [0.717, 1.165) is 11.5 Å². The van der Waals surface area contributed by atoms with Gasteiger partial charge >= 0.3 is 6.03 Å². The van der Waals surface area contributed by atoms with Crippen molar-refractivity contribution in [3.63, 3.8) is 0 Å². The molecule has 30 heavy (non-hydrogen) atoms. The number of hydrogen-bond acceptors (Lipinski definition) is 9. The van der Waals surface area contributed by atoms with E-state index in [0.29, 0.717) is 18.8 Å². The maximum absolute atomic E-state index is 12.0. The smallest absolute Gasteiger partial charge is 0.348 e. The van der Waals surface area contributed by atoms with Crippen LogP contribution < -0.4 is 16.0 Å². The molecule has 0 aliphatic carbocycles. The fraction of sp³-hybridized carbons (Fsp3) is 0.647. The Bertz CT molecular complexity index is 688. The number of nitrogens with one attached hydrogen (secondary N) is 3. The minimum atomic E-state index is -0.479. The summed E-state index contributed by atoms with van der Waals surface area (Å²) in [6, 6.07) is -0.615. The van der Waals surface area contributed by atoms with Crippen LogP contribution in [0.4, 0.5) is 4.79 Å². The maximum atomic E-state index is 12.0. The lowest BCUT2D eigenvalue weighted by Gasteiger charge is -2.29. The zero-order valence-corrected chi connectivity index (χ0v) is 18.1. The van der Waals surface area contributed by atoms with Gasteiger partial charge in [0, 0.05) is 57.2 Å². The number of aliphatic imine (C=N–C) groups is 1. The van der Waals surface area contributed by atoms with Gasteiger partial charge in [-0.1, -0.05) is 40.8 Å². The molecule has 2 unspecified atom stereocenters. The minimum Gasteiger partial charge on any atom is -0.386 e. The molecular formula is C17H30N8O3S2. The first kappa shape index (κ1) is 25.8. The van der Waals surface area contributed by atoms with Crippen LogP contribution in [0.2, 0.25) is 0 Å². The van der Waals surface area contributed by atoms with E-state index in [4.69, 9.17) is 0 Å². The van der Waals surface area contributed by atoms with E-state index in [9.17, 15) is 14.4 Å². The quantitative estimate of drug-likeness (QED) is 0.298. The third-order valence-electron chi connectivity index (χ3n) is 4.06. The van der Waals surface area contributed by atoms with Crippen molar-refractivity contribution in [1.82, 2.24) is 25.9 Å². The molecule has 3 N–H and O–H groups in total. The van der Waals surface area contributed by atoms with Crippen LogP contribution in [0.1, 0.15) is 20.3 Å². The van der Waals surface area contributed by atoms with Crippen LogP contribution in [0.3, 0.4) is 0 Å². The Hall–Kier alpha value is -2.28. The van der Waals surface area contributed by atoms with Gasteiger partial charge in [-0.25, -0.2) is 4.79 Å². The largest absolute Gasteiger partial charge is 0.386 e. The van der Waals surface area contributed by atoms with Crippen molar-refractivity contribution in [2.45, 2.75) is 32.5 Å². The summed E-state index contributed by atoms with van der Waals surface area (Å²) in [6.45, 7) is 5.26. The zero-order valence-electron chi connectivity index (χ0n) is 16.5. The second kappa shape index (κ2) is 13.1. The lowest BCUT2D eigenvalue weighted by atomic mass is 10.2. The molecule has 0 saturated heterocycles. The molecule has 0 fully saturated rings. The first-order valence-corrected chi connectivity index (χ1v) is 11.6. The lowest BCUT2D eigenvalue weighted by Crippen LogP contribution is -2.48. The van der Waals surface area contributed by atoms with Crippen LogP contribution in [0, 0.1) is 0 Å². The van der Waals surface area contributed by atoms with Gasteiger partial charge in [0.05, 0.1) is 6.34 Å². The molecule has 2 heterocycles. The highest BCUT2D eigenvalue weighted by molar-refractivity contribution is 8.76. The Kier molecular flexibility index (Phi) is 11.3. The summed E-state index contributed by atoms with van der Waals surface area (Å²) < 4.78 is 0. The van der Waals surface area contributed by atoms with E-state index in [-0.39, 0.29) is 44.2 Å². The van der Waals surface area contributed by atoms with E-state index < -0.39 is 6.17 Å². The van der Waals surface area contributed by atoms with Crippen molar-refractivity contribution in [2.75, 3.05) is 38.7 Å². The van der Waals surface area contributed by atoms with Crippen LogP contribution in [0.25, 0.3) is 0 Å². The van der Waals surface area contributed by atoms with E-state index in [2.05, 4.69) is 37.9 Å². The summed E-state index contributed by atoms with van der Waals surface area (Å²) in [5.74, 6) is 1.35. The number of rotatable bonds is 12. The maximum Gasteiger partial charge on any atom is 0.348 e. The molecule has 0 saturated carbocycles. The van der Waals surface area contributed by atoms with Crippen molar-refractivity contribution >= 4 is 45.8 Å². The zero-order chi connectivity index (χ0) is 21.2. The summed E-state index contributed by atoms with van der Waals surface area (Å²) in [7, 11) is 6.43. The number of carbonyl (C=O) groups excluding carboxylic acids is 3. The number of carbonyl (C=O) groups is 3. The number of nitrogens with zero attached hydrogens (tertiary/aromatic N) is 5. The Balaban J connectivity index is 0.00000450. The molecule has 11 nitrogen and oxygen atoms in total. The van der Waals surface area contributed by atoms with E-state index in [1.54, 1.807) is 35.7 Å². The van der Waals surface area contributed by atoms with Gasteiger partial charge in [0.1, 0.15) is 6.04 Å². The number of urea groups is 1. The van der Waals surface area contributed by atoms with Gasteiger partial charge in [0.15, 0.2) is 6.17 Å². The molecule has 168 valence electrons. The fourth-order valence-corrected chi connectivity index (χ4v) is 4.29. The normalized spacial score (nSPS) is 19.2. The van der Waals surface area contributed by atoms with Gasteiger partial charge in [0.25, 0.3) is 0 Å². The van der Waals surface area contributed by atoms with Crippen molar-refractivity contribution in [3.8, 4) is 0 Å². The summed E-state index contributed by atoms with van der Waals surface area (Å²) in [5.41, 5.74) is 0.694. The van der Waals surface area contributed by atoms with E-state index in [1.165, 1.54) is 16.2 Å². The average molecular weight is 459 g/mol. The van der Waals surface area contributed by atoms with Crippen molar-refractivity contribution in [2.24, 2.45) is 15.3 Å². The molecule has 0 radical (unpaired) electrons. The molecule has 0 aromatic rings. The molecular weight excluding hydrogens is 428 g/mol. The van der Waals surface area contributed by atoms with Crippen molar-refractivity contribution in [1.29, 1.82) is 0 Å². The lowest BCUT2D eigenvalue weighted by molar-refractivity contribution is -0.126. The van der Waals surface area contributed by atoms with Crippen LogP contribution in [0.15, 0.2) is 27.6 Å². The highest BCUT2D eigenvalue weighted by atomic mass is 33.1. The van der Waals surface area contributed by atoms with Gasteiger partial charge in [0.2, 0.25) is 11.8 Å². The summed E-state index contributed by atoms with van der Waals surface area (Å²) in [6.07, 6.45) is 1.41. The Morgan fingerprint density at radius 1 is 1.17 bits per heavy atom. The molecule has 0 spiro atoms. The number of fused-ring (bicyclic) bond motifs is 1. The Morgan fingerprint density at radius 2 is 1.80 bits per heavy atom. The molecule has 0 aromatic heterocycles. The standard InChI is InChI=1S/C16H26N8O3S2.CH4/c1-11(14-15-21-22-23(3)16(27)24(15)10-20-14)18-6-8-28-29-9-7-19-13(26)5-4-12(25)17-2;/h10,14-15,18H,1,4-9H2,2-3H3,(H,17,25)(H,19,26);1H4. The van der Waals surface area contributed by atoms with Gasteiger partial charge in [-0.2, -0.15) is 5.01 Å². The predicted octanol–water partition coefficient (Wildman–Crippen LogP) is 1.22. The topological polar surface area (TPSA) is 131 Å². The highest BCUT2D eigenvalue weighted by Gasteiger charge is 2.40. The third kappa shape index (κ3) is 7.52. The van der Waals surface area contributed by atoms with Crippen LogP contribution in [-0.2, 0) is 9.59 Å². The second-order valence-corrected chi connectivity index (χ2v) is 8.86. The Morgan fingerprint density at radius 3 is 2.47 bits per heavy atom. The molecule has 2 rings (SSSR count). The minimum absolute atomic E-state index is 0. The summed E-state index contributed by atoms with van der Waals surface area (Å²) in [4.78, 5) is 40.4. The molecule has 13 heteroatoms. The highest BCUT2D eigenvalue weighted by Crippen LogP contribution is 2.25. The van der Waals surface area contributed by atoms with Crippen molar-refractivity contribution in [3.05, 3.63) is 12.3 Å². The monoisotopic (exact) mass is 458 g/mol. The van der Waals surface area contributed by atoms with Crippen LogP contribution >= 0.6 is 21.6 Å². The van der Waals surface area contributed by atoms with E-state index >= 15 is 0 Å². The van der Waals surface area contributed by atoms with E-state index in [1.807, 2.05) is 0 Å². The van der Waals surface area contributed by atoms with Gasteiger partial charge in [-0.05, 0) is 0 Å². The van der Waals surface area contributed by atoms with Gasteiger partial charge in [-0.15, -0.1) is 5.11 Å². The summed E-state index contributed by atoms with van der Waals surface area (Å²) in [5, 5.41) is 17.6. The third-order valence-corrected chi connectivity index (χ3v) is 6.47. The molecule has 2 aliphatic heterocycles. The number of hydrogen-bond donors (Lipinski definition) is 3. The Labute approximate surface area is 184 Å². The van der Waals surface area contributed by atoms with Crippen LogP contribution in [0.5, 0.6) is 0 Å². The first-order valence-electron chi connectivity index (χ1n) is 9.08. The average Bonchev–Trinajstić information content (AvgIpc) is 3.15. The van der Waals surface area contributed by atoms with Crippen molar-refractivity contribution < 1.29 is 14.4 Å². The predicted molar refractivity (Wildman–Crippen MR) is 121 cm³/mol. The SMILES string of the molecule is C.C=C(NCCSSCCNC(=O)CCC(=O)NC)C1N=CN2C(=O)N(C)N=NC12. The second-order valence-electron chi connectivity index (χ2n) is 6.16. The number of amides is 4. The molecule has 0 bridgehead atoms. The summed E-state index contributed by atoms with van der Waals surface area (Å²) >= 11 is 0. The molecule has 2 atom stereocenters. The van der Waals surface area contributed by atoms with Gasteiger partial charge in [-0.3, -0.25) is 19.5 Å². The fourth-order valence-electron chi connectivity index (χ4n) is 2.48. The molecule has 2 aliphatic rings. The molecule has 0 aromatic carbocycles. The molecule has 4 amide bonds. The first-order chi connectivity index (χ1) is 13.9. The van der Waals surface area contributed by atoms with Crippen LogP contribution in [-0.4, -0.2) is 85.0 Å².